The molecule has 0 saturated carbocycles. The molecule has 0 heterocycles. The molecule has 0 aliphatic carbocycles. The molecular weight excluding hydrogens is 234 g/mol. The van der Waals surface area contributed by atoms with Crippen LogP contribution in [0.15, 0.2) is 18.2 Å². The summed E-state index contributed by atoms with van der Waals surface area (Å²) >= 11 is 0. The molecule has 0 radical (unpaired) electrons. The number of hydrogen-bond acceptors (Lipinski definition) is 2. The van der Waals surface area contributed by atoms with E-state index in [1.54, 1.807) is 0 Å². The summed E-state index contributed by atoms with van der Waals surface area (Å²) in [5.41, 5.74) is 4.01. The maximum atomic E-state index is 5.98. The lowest BCUT2D eigenvalue weighted by molar-refractivity contribution is 0.0220. The first-order chi connectivity index (χ1) is 8.95. The molecule has 1 rings (SSSR count). The molecule has 0 fully saturated rings. The normalized spacial score (nSPS) is 14.7. The Labute approximate surface area is 118 Å². The SMILES string of the molecule is CCNC(COC(C)C(C)C)c1ccc(C)c(C)c1. The van der Waals surface area contributed by atoms with Gasteiger partial charge < -0.3 is 10.1 Å². The monoisotopic (exact) mass is 263 g/mol. The van der Waals surface area contributed by atoms with Gasteiger partial charge in [-0.1, -0.05) is 39.0 Å². The summed E-state index contributed by atoms with van der Waals surface area (Å²) < 4.78 is 5.98. The van der Waals surface area contributed by atoms with Crippen molar-refractivity contribution in [3.8, 4) is 0 Å². The molecule has 0 amide bonds. The molecule has 0 aliphatic heterocycles. The highest BCUT2D eigenvalue weighted by atomic mass is 16.5. The van der Waals surface area contributed by atoms with Crippen LogP contribution in [0.3, 0.4) is 0 Å². The molecule has 1 aromatic carbocycles. The van der Waals surface area contributed by atoms with Crippen molar-refractivity contribution in [2.45, 2.75) is 53.7 Å². The van der Waals surface area contributed by atoms with Crippen LogP contribution < -0.4 is 5.32 Å². The lowest BCUT2D eigenvalue weighted by Gasteiger charge is -2.23. The average molecular weight is 263 g/mol. The van der Waals surface area contributed by atoms with Gasteiger partial charge >= 0.3 is 0 Å². The van der Waals surface area contributed by atoms with E-state index in [1.165, 1.54) is 16.7 Å². The molecule has 2 heteroatoms. The highest BCUT2D eigenvalue weighted by Gasteiger charge is 2.14. The summed E-state index contributed by atoms with van der Waals surface area (Å²) in [5, 5.41) is 3.51. The van der Waals surface area contributed by atoms with Crippen LogP contribution in [0.4, 0.5) is 0 Å². The Morgan fingerprint density at radius 2 is 1.79 bits per heavy atom. The van der Waals surface area contributed by atoms with Gasteiger partial charge in [-0.05, 0) is 49.9 Å². The molecule has 1 N–H and O–H groups in total. The zero-order valence-electron chi connectivity index (χ0n) is 13.3. The first-order valence-corrected chi connectivity index (χ1v) is 7.37. The van der Waals surface area contributed by atoms with Gasteiger partial charge in [-0.15, -0.1) is 0 Å². The van der Waals surface area contributed by atoms with Gasteiger partial charge in [-0.2, -0.15) is 0 Å². The van der Waals surface area contributed by atoms with Crippen LogP contribution in [0.25, 0.3) is 0 Å². The fourth-order valence-electron chi connectivity index (χ4n) is 1.94. The molecule has 0 bridgehead atoms. The first kappa shape index (κ1) is 16.2. The lowest BCUT2D eigenvalue weighted by atomic mass is 10.0. The van der Waals surface area contributed by atoms with Crippen molar-refractivity contribution in [2.75, 3.05) is 13.2 Å². The molecule has 0 aliphatic rings. The smallest absolute Gasteiger partial charge is 0.0665 e. The number of nitrogens with one attached hydrogen (secondary N) is 1. The standard InChI is InChI=1S/C17H29NO/c1-7-18-17(11-19-15(6)12(2)3)16-9-8-13(4)14(5)10-16/h8-10,12,15,17-18H,7,11H2,1-6H3. The molecule has 108 valence electrons. The van der Waals surface area contributed by atoms with E-state index in [0.717, 1.165) is 13.2 Å². The molecular formula is C17H29NO. The lowest BCUT2D eigenvalue weighted by Crippen LogP contribution is -2.28. The summed E-state index contributed by atoms with van der Waals surface area (Å²) in [6.07, 6.45) is 0.299. The fourth-order valence-corrected chi connectivity index (χ4v) is 1.94. The number of likely N-dealkylation sites (N-methyl/N-ethyl adjacent to an activating group) is 1. The van der Waals surface area contributed by atoms with Gasteiger partial charge in [0.25, 0.3) is 0 Å². The van der Waals surface area contributed by atoms with Crippen LogP contribution in [0.5, 0.6) is 0 Å². The second kappa shape index (κ2) is 7.66. The number of ether oxygens (including phenoxy) is 1. The minimum Gasteiger partial charge on any atom is -0.376 e. The predicted octanol–water partition coefficient (Wildman–Crippen LogP) is 4.02. The number of rotatable bonds is 7. The highest BCUT2D eigenvalue weighted by molar-refractivity contribution is 5.31. The van der Waals surface area contributed by atoms with Gasteiger partial charge in [0.1, 0.15) is 0 Å². The van der Waals surface area contributed by atoms with Crippen LogP contribution in [0.1, 0.15) is 50.4 Å². The van der Waals surface area contributed by atoms with Crippen LogP contribution in [-0.2, 0) is 4.74 Å². The molecule has 0 saturated heterocycles. The maximum Gasteiger partial charge on any atom is 0.0665 e. The number of hydrogen-bond donors (Lipinski definition) is 1. The Bertz CT molecular complexity index is 387. The van der Waals surface area contributed by atoms with E-state index in [2.05, 4.69) is 65.1 Å². The van der Waals surface area contributed by atoms with Gasteiger partial charge in [-0.25, -0.2) is 0 Å². The molecule has 0 aromatic heterocycles. The van der Waals surface area contributed by atoms with Crippen molar-refractivity contribution in [3.63, 3.8) is 0 Å². The minimum atomic E-state index is 0.283. The molecule has 2 unspecified atom stereocenters. The second-order valence-electron chi connectivity index (χ2n) is 5.74. The zero-order chi connectivity index (χ0) is 14.4. The summed E-state index contributed by atoms with van der Waals surface area (Å²) in [7, 11) is 0. The maximum absolute atomic E-state index is 5.98. The van der Waals surface area contributed by atoms with Gasteiger partial charge in [0, 0.05) is 0 Å². The summed E-state index contributed by atoms with van der Waals surface area (Å²) in [4.78, 5) is 0. The molecule has 0 spiro atoms. The Morgan fingerprint density at radius 1 is 1.11 bits per heavy atom. The van der Waals surface area contributed by atoms with Crippen molar-refractivity contribution in [3.05, 3.63) is 34.9 Å². The van der Waals surface area contributed by atoms with E-state index >= 15 is 0 Å². The zero-order valence-corrected chi connectivity index (χ0v) is 13.3. The van der Waals surface area contributed by atoms with E-state index in [9.17, 15) is 0 Å². The first-order valence-electron chi connectivity index (χ1n) is 7.37. The molecule has 2 atom stereocenters. The number of benzene rings is 1. The predicted molar refractivity (Wildman–Crippen MR) is 82.6 cm³/mol. The third kappa shape index (κ3) is 4.96. The van der Waals surface area contributed by atoms with Crippen LogP contribution in [-0.4, -0.2) is 19.3 Å². The van der Waals surface area contributed by atoms with E-state index in [0.29, 0.717) is 12.0 Å². The Morgan fingerprint density at radius 3 is 2.32 bits per heavy atom. The van der Waals surface area contributed by atoms with Gasteiger partial charge in [0.05, 0.1) is 18.8 Å². The van der Waals surface area contributed by atoms with Gasteiger partial charge in [0.15, 0.2) is 0 Å². The largest absolute Gasteiger partial charge is 0.376 e. The van der Waals surface area contributed by atoms with Gasteiger partial charge in [-0.3, -0.25) is 0 Å². The summed E-state index contributed by atoms with van der Waals surface area (Å²) in [6, 6.07) is 6.96. The van der Waals surface area contributed by atoms with Crippen molar-refractivity contribution in [2.24, 2.45) is 5.92 Å². The topological polar surface area (TPSA) is 21.3 Å². The minimum absolute atomic E-state index is 0.283. The average Bonchev–Trinajstić information content (AvgIpc) is 2.37. The summed E-state index contributed by atoms with van der Waals surface area (Å²) in [5.74, 6) is 0.557. The third-order valence-electron chi connectivity index (χ3n) is 3.85. The Hall–Kier alpha value is -0.860. The van der Waals surface area contributed by atoms with Gasteiger partial charge in [0.2, 0.25) is 0 Å². The molecule has 1 aromatic rings. The fraction of sp³-hybridized carbons (Fsp3) is 0.647. The van der Waals surface area contributed by atoms with Crippen molar-refractivity contribution < 1.29 is 4.74 Å². The third-order valence-corrected chi connectivity index (χ3v) is 3.85. The van der Waals surface area contributed by atoms with Crippen LogP contribution in [0.2, 0.25) is 0 Å². The van der Waals surface area contributed by atoms with Crippen molar-refractivity contribution in [1.82, 2.24) is 5.32 Å². The van der Waals surface area contributed by atoms with E-state index in [1.807, 2.05) is 0 Å². The highest BCUT2D eigenvalue weighted by Crippen LogP contribution is 2.19. The Kier molecular flexibility index (Phi) is 6.53. The van der Waals surface area contributed by atoms with Crippen LogP contribution >= 0.6 is 0 Å². The molecule has 19 heavy (non-hydrogen) atoms. The van der Waals surface area contributed by atoms with E-state index in [4.69, 9.17) is 4.74 Å². The van der Waals surface area contributed by atoms with Crippen molar-refractivity contribution >= 4 is 0 Å². The van der Waals surface area contributed by atoms with Crippen molar-refractivity contribution in [1.29, 1.82) is 0 Å². The summed E-state index contributed by atoms with van der Waals surface area (Å²) in [6.45, 7) is 14.7. The van der Waals surface area contributed by atoms with Crippen LogP contribution in [0, 0.1) is 19.8 Å². The number of aryl methyl sites for hydroxylation is 2. The van der Waals surface area contributed by atoms with E-state index in [-0.39, 0.29) is 6.04 Å². The quantitative estimate of drug-likeness (QED) is 0.802. The molecule has 2 nitrogen and oxygen atoms in total. The Balaban J connectivity index is 2.73. The van der Waals surface area contributed by atoms with E-state index < -0.39 is 0 Å². The second-order valence-corrected chi connectivity index (χ2v) is 5.74.